The number of aromatic nitrogens is 1. The Balaban J connectivity index is 1.64. The number of hydrogen-bond acceptors (Lipinski definition) is 5. The van der Waals surface area contributed by atoms with Gasteiger partial charge in [0.15, 0.2) is 0 Å². The fraction of sp³-hybridized carbons (Fsp3) is 0.263. The zero-order valence-corrected chi connectivity index (χ0v) is 16.7. The van der Waals surface area contributed by atoms with Gasteiger partial charge in [-0.2, -0.15) is 0 Å². The molecule has 0 spiro atoms. The fourth-order valence-corrected chi connectivity index (χ4v) is 5.12. The number of sulfone groups is 1. The molecular formula is C19H21N3O3S2. The molecule has 142 valence electrons. The summed E-state index contributed by atoms with van der Waals surface area (Å²) in [6.45, 7) is 3.79. The number of carbonyl (C=O) groups is 1. The van der Waals surface area contributed by atoms with Crippen molar-refractivity contribution in [3.63, 3.8) is 0 Å². The van der Waals surface area contributed by atoms with Crippen LogP contribution in [-0.2, 0) is 16.3 Å². The number of urea groups is 1. The average molecular weight is 404 g/mol. The van der Waals surface area contributed by atoms with Crippen molar-refractivity contribution in [1.29, 1.82) is 0 Å². The molecule has 0 aliphatic carbocycles. The quantitative estimate of drug-likeness (QED) is 0.654. The number of fused-ring (bicyclic) bond motifs is 1. The molecule has 0 saturated carbocycles. The largest absolute Gasteiger partial charge is 0.338 e. The van der Waals surface area contributed by atoms with Crippen LogP contribution in [0.25, 0.3) is 10.2 Å². The van der Waals surface area contributed by atoms with Crippen LogP contribution in [0.15, 0.2) is 52.9 Å². The van der Waals surface area contributed by atoms with Gasteiger partial charge in [-0.15, -0.1) is 11.3 Å². The SMILES string of the molecule is CC(C)S(=O)(=O)c1nc2ccc(NC(=O)NCCc3ccccc3)cc2s1. The van der Waals surface area contributed by atoms with Crippen LogP contribution in [0.5, 0.6) is 0 Å². The van der Waals surface area contributed by atoms with E-state index in [9.17, 15) is 13.2 Å². The van der Waals surface area contributed by atoms with Gasteiger partial charge < -0.3 is 10.6 Å². The van der Waals surface area contributed by atoms with Crippen molar-refractivity contribution in [3.8, 4) is 0 Å². The van der Waals surface area contributed by atoms with Crippen LogP contribution in [-0.4, -0.2) is 31.2 Å². The summed E-state index contributed by atoms with van der Waals surface area (Å²) in [5, 5.41) is 5.06. The maximum absolute atomic E-state index is 12.3. The van der Waals surface area contributed by atoms with E-state index in [4.69, 9.17) is 0 Å². The summed E-state index contributed by atoms with van der Waals surface area (Å²) in [6, 6.07) is 14.8. The lowest BCUT2D eigenvalue weighted by Crippen LogP contribution is -2.30. The second kappa shape index (κ2) is 8.06. The summed E-state index contributed by atoms with van der Waals surface area (Å²) < 4.78 is 25.4. The topological polar surface area (TPSA) is 88.2 Å². The smallest absolute Gasteiger partial charge is 0.319 e. The molecule has 0 unspecified atom stereocenters. The molecule has 3 aromatic rings. The Hall–Kier alpha value is -2.45. The highest BCUT2D eigenvalue weighted by molar-refractivity contribution is 7.94. The Kier molecular flexibility index (Phi) is 5.76. The Morgan fingerprint density at radius 1 is 1.15 bits per heavy atom. The van der Waals surface area contributed by atoms with Crippen molar-refractivity contribution in [2.75, 3.05) is 11.9 Å². The van der Waals surface area contributed by atoms with E-state index >= 15 is 0 Å². The second-order valence-electron chi connectivity index (χ2n) is 6.37. The summed E-state index contributed by atoms with van der Waals surface area (Å²) in [5.41, 5.74) is 2.36. The van der Waals surface area contributed by atoms with E-state index < -0.39 is 15.1 Å². The van der Waals surface area contributed by atoms with E-state index in [1.807, 2.05) is 30.3 Å². The van der Waals surface area contributed by atoms with E-state index in [0.29, 0.717) is 17.7 Å². The number of nitrogens with zero attached hydrogens (tertiary/aromatic N) is 1. The minimum atomic E-state index is -3.41. The molecule has 27 heavy (non-hydrogen) atoms. The van der Waals surface area contributed by atoms with Gasteiger partial charge in [0, 0.05) is 12.2 Å². The lowest BCUT2D eigenvalue weighted by atomic mass is 10.1. The number of benzene rings is 2. The Labute approximate surface area is 162 Å². The molecule has 8 heteroatoms. The van der Waals surface area contributed by atoms with Gasteiger partial charge in [-0.05, 0) is 44.0 Å². The average Bonchev–Trinajstić information content (AvgIpc) is 3.06. The fourth-order valence-electron chi connectivity index (χ4n) is 2.44. The van der Waals surface area contributed by atoms with E-state index in [1.165, 1.54) is 0 Å². The molecule has 2 N–H and O–H groups in total. The third-order valence-corrected chi connectivity index (χ3v) is 7.61. The van der Waals surface area contributed by atoms with Gasteiger partial charge in [0.2, 0.25) is 14.2 Å². The molecule has 1 aromatic heterocycles. The first-order valence-corrected chi connectivity index (χ1v) is 11.0. The molecule has 0 aliphatic rings. The first-order chi connectivity index (χ1) is 12.9. The van der Waals surface area contributed by atoms with Crippen molar-refractivity contribution >= 4 is 43.1 Å². The van der Waals surface area contributed by atoms with Gasteiger partial charge in [-0.25, -0.2) is 18.2 Å². The number of hydrogen-bond donors (Lipinski definition) is 2. The minimum Gasteiger partial charge on any atom is -0.338 e. The first-order valence-electron chi connectivity index (χ1n) is 8.59. The van der Waals surface area contributed by atoms with E-state index in [0.717, 1.165) is 28.0 Å². The molecule has 0 bridgehead atoms. The molecule has 1 heterocycles. The predicted octanol–water partition coefficient (Wildman–Crippen LogP) is 3.84. The Morgan fingerprint density at radius 3 is 2.59 bits per heavy atom. The lowest BCUT2D eigenvalue weighted by Gasteiger charge is -2.07. The number of anilines is 1. The molecule has 0 aliphatic heterocycles. The Bertz CT molecular complexity index is 1040. The highest BCUT2D eigenvalue weighted by Gasteiger charge is 2.23. The van der Waals surface area contributed by atoms with Crippen molar-refractivity contribution in [1.82, 2.24) is 10.3 Å². The van der Waals surface area contributed by atoms with Gasteiger partial charge in [0.25, 0.3) is 0 Å². The van der Waals surface area contributed by atoms with Crippen molar-refractivity contribution in [2.24, 2.45) is 0 Å². The van der Waals surface area contributed by atoms with Crippen LogP contribution < -0.4 is 10.6 Å². The number of rotatable bonds is 6. The highest BCUT2D eigenvalue weighted by atomic mass is 32.2. The summed E-state index contributed by atoms with van der Waals surface area (Å²) in [5.74, 6) is 0. The summed E-state index contributed by atoms with van der Waals surface area (Å²) in [7, 11) is -3.41. The molecule has 2 aromatic carbocycles. The standard InChI is InChI=1S/C19H21N3O3S2/c1-13(2)27(24,25)19-22-16-9-8-15(12-17(16)26-19)21-18(23)20-11-10-14-6-4-3-5-7-14/h3-9,12-13H,10-11H2,1-2H3,(H2,20,21,23). The van der Waals surface area contributed by atoms with Crippen LogP contribution in [0.4, 0.5) is 10.5 Å². The second-order valence-corrected chi connectivity index (χ2v) is 10.1. The number of nitrogens with one attached hydrogen (secondary N) is 2. The van der Waals surface area contributed by atoms with Crippen LogP contribution in [0.2, 0.25) is 0 Å². The molecule has 0 atom stereocenters. The van der Waals surface area contributed by atoms with E-state index in [-0.39, 0.29) is 10.4 Å². The van der Waals surface area contributed by atoms with Crippen molar-refractivity contribution < 1.29 is 13.2 Å². The van der Waals surface area contributed by atoms with Crippen LogP contribution in [0, 0.1) is 0 Å². The number of amides is 2. The molecule has 0 saturated heterocycles. The van der Waals surface area contributed by atoms with Crippen LogP contribution in [0.1, 0.15) is 19.4 Å². The summed E-state index contributed by atoms with van der Waals surface area (Å²) in [4.78, 5) is 16.3. The molecular weight excluding hydrogens is 382 g/mol. The number of thiazole rings is 1. The van der Waals surface area contributed by atoms with Gasteiger partial charge in [0.1, 0.15) is 0 Å². The highest BCUT2D eigenvalue weighted by Crippen LogP contribution is 2.29. The maximum atomic E-state index is 12.3. The predicted molar refractivity (Wildman–Crippen MR) is 109 cm³/mol. The van der Waals surface area contributed by atoms with Gasteiger partial charge >= 0.3 is 6.03 Å². The van der Waals surface area contributed by atoms with E-state index in [1.54, 1.807) is 32.0 Å². The molecule has 2 amide bonds. The Morgan fingerprint density at radius 2 is 1.89 bits per heavy atom. The maximum Gasteiger partial charge on any atom is 0.319 e. The zero-order chi connectivity index (χ0) is 19.4. The van der Waals surface area contributed by atoms with Crippen LogP contribution in [0.3, 0.4) is 0 Å². The normalized spacial score (nSPS) is 11.7. The van der Waals surface area contributed by atoms with Gasteiger partial charge in [0.05, 0.1) is 15.5 Å². The lowest BCUT2D eigenvalue weighted by molar-refractivity contribution is 0.252. The monoisotopic (exact) mass is 403 g/mol. The van der Waals surface area contributed by atoms with Crippen molar-refractivity contribution in [3.05, 3.63) is 54.1 Å². The number of carbonyl (C=O) groups excluding carboxylic acids is 1. The summed E-state index contributed by atoms with van der Waals surface area (Å²) >= 11 is 1.12. The molecule has 0 fully saturated rings. The van der Waals surface area contributed by atoms with E-state index in [2.05, 4.69) is 15.6 Å². The minimum absolute atomic E-state index is 0.108. The third kappa shape index (κ3) is 4.64. The summed E-state index contributed by atoms with van der Waals surface area (Å²) in [6.07, 6.45) is 0.749. The van der Waals surface area contributed by atoms with Crippen LogP contribution >= 0.6 is 11.3 Å². The molecule has 6 nitrogen and oxygen atoms in total. The van der Waals surface area contributed by atoms with Gasteiger partial charge in [-0.1, -0.05) is 30.3 Å². The van der Waals surface area contributed by atoms with Crippen molar-refractivity contribution in [2.45, 2.75) is 29.9 Å². The molecule has 0 radical (unpaired) electrons. The third-order valence-electron chi connectivity index (χ3n) is 4.03. The zero-order valence-electron chi connectivity index (χ0n) is 15.1. The molecule has 3 rings (SSSR count). The van der Waals surface area contributed by atoms with Gasteiger partial charge in [-0.3, -0.25) is 0 Å². The first kappa shape index (κ1) is 19.3.